The second-order valence-corrected chi connectivity index (χ2v) is 8.94. The van der Waals surface area contributed by atoms with Crippen molar-refractivity contribution in [3.8, 4) is 0 Å². The van der Waals surface area contributed by atoms with Crippen LogP contribution in [0.4, 0.5) is 0 Å². The largest absolute Gasteiger partial charge is 0.359 e. The zero-order valence-electron chi connectivity index (χ0n) is 14.2. The molecule has 9 heteroatoms. The fourth-order valence-electron chi connectivity index (χ4n) is 2.76. The van der Waals surface area contributed by atoms with E-state index < -0.39 is 10.0 Å². The second-order valence-electron chi connectivity index (χ2n) is 5.98. The van der Waals surface area contributed by atoms with Gasteiger partial charge in [0.05, 0.1) is 11.4 Å². The number of rotatable bonds is 5. The van der Waals surface area contributed by atoms with Crippen LogP contribution in [0.5, 0.6) is 0 Å². The quantitative estimate of drug-likeness (QED) is 0.754. The third-order valence-electron chi connectivity index (χ3n) is 4.34. The monoisotopic (exact) mass is 431 g/mol. The summed E-state index contributed by atoms with van der Waals surface area (Å²) in [6, 6.07) is 6.28. The first-order chi connectivity index (χ1) is 11.8. The van der Waals surface area contributed by atoms with Crippen molar-refractivity contribution in [1.82, 2.24) is 14.5 Å². The van der Waals surface area contributed by atoms with Crippen LogP contribution in [0, 0.1) is 5.92 Å². The molecular weight excluding hydrogens is 410 g/mol. The molecule has 2 amide bonds. The highest BCUT2D eigenvalue weighted by Crippen LogP contribution is 2.20. The van der Waals surface area contributed by atoms with Crippen molar-refractivity contribution in [3.63, 3.8) is 0 Å². The first kappa shape index (κ1) is 19.9. The molecule has 1 aromatic carbocycles. The summed E-state index contributed by atoms with van der Waals surface area (Å²) < 4.78 is 26.9. The highest BCUT2D eigenvalue weighted by Gasteiger charge is 2.29. The Morgan fingerprint density at radius 1 is 1.24 bits per heavy atom. The van der Waals surface area contributed by atoms with Gasteiger partial charge in [-0.3, -0.25) is 9.59 Å². The Hall–Kier alpha value is -1.45. The summed E-state index contributed by atoms with van der Waals surface area (Å²) in [6.45, 7) is 0.704. The maximum atomic E-state index is 12.5. The smallest absolute Gasteiger partial charge is 0.243 e. The maximum Gasteiger partial charge on any atom is 0.243 e. The van der Waals surface area contributed by atoms with Crippen molar-refractivity contribution in [3.05, 3.63) is 28.7 Å². The predicted molar refractivity (Wildman–Crippen MR) is 97.3 cm³/mol. The summed E-state index contributed by atoms with van der Waals surface area (Å²) in [6.07, 6.45) is 1.18. The van der Waals surface area contributed by atoms with Crippen LogP contribution in [0.3, 0.4) is 0 Å². The zero-order valence-corrected chi connectivity index (χ0v) is 16.6. The van der Waals surface area contributed by atoms with Gasteiger partial charge < -0.3 is 10.2 Å². The molecule has 1 aliphatic heterocycles. The van der Waals surface area contributed by atoms with E-state index >= 15 is 0 Å². The molecule has 138 valence electrons. The van der Waals surface area contributed by atoms with Crippen LogP contribution >= 0.6 is 15.9 Å². The minimum atomic E-state index is -3.72. The van der Waals surface area contributed by atoms with Gasteiger partial charge in [0.2, 0.25) is 21.8 Å². The van der Waals surface area contributed by atoms with E-state index in [0.717, 1.165) is 8.78 Å². The minimum absolute atomic E-state index is 0.0120. The van der Waals surface area contributed by atoms with Crippen molar-refractivity contribution >= 4 is 37.8 Å². The molecule has 0 bridgehead atoms. The van der Waals surface area contributed by atoms with E-state index in [9.17, 15) is 18.0 Å². The van der Waals surface area contributed by atoms with Gasteiger partial charge in [0.15, 0.2) is 0 Å². The van der Waals surface area contributed by atoms with Gasteiger partial charge >= 0.3 is 0 Å². The Morgan fingerprint density at radius 3 is 2.32 bits per heavy atom. The van der Waals surface area contributed by atoms with Crippen LogP contribution in [-0.4, -0.2) is 63.2 Å². The Morgan fingerprint density at radius 2 is 1.80 bits per heavy atom. The molecule has 1 N–H and O–H groups in total. The molecule has 0 unspecified atom stereocenters. The van der Waals surface area contributed by atoms with Gasteiger partial charge in [-0.05, 0) is 37.1 Å². The third-order valence-corrected chi connectivity index (χ3v) is 6.69. The zero-order chi connectivity index (χ0) is 18.6. The van der Waals surface area contributed by atoms with E-state index in [4.69, 9.17) is 0 Å². The Bertz CT molecular complexity index is 728. The van der Waals surface area contributed by atoms with Gasteiger partial charge in [-0.15, -0.1) is 0 Å². The molecule has 0 radical (unpaired) electrons. The molecule has 0 atom stereocenters. The first-order valence-corrected chi connectivity index (χ1v) is 10.2. The summed E-state index contributed by atoms with van der Waals surface area (Å²) in [5.41, 5.74) is 0. The van der Waals surface area contributed by atoms with E-state index in [0.29, 0.717) is 25.9 Å². The van der Waals surface area contributed by atoms with Crippen LogP contribution in [-0.2, 0) is 19.6 Å². The van der Waals surface area contributed by atoms with E-state index in [-0.39, 0.29) is 29.2 Å². The van der Waals surface area contributed by atoms with Crippen LogP contribution in [0.15, 0.2) is 33.6 Å². The number of hydrogen-bond acceptors (Lipinski definition) is 4. The molecule has 1 saturated heterocycles. The first-order valence-electron chi connectivity index (χ1n) is 7.97. The standard InChI is InChI=1S/C16H22BrN3O4S/c1-18-16(22)12-7-9-20(10-8-12)15(21)11-19(2)25(23,24)14-5-3-13(17)4-6-14/h3-6,12H,7-11H2,1-2H3,(H,18,22). The lowest BCUT2D eigenvalue weighted by atomic mass is 9.96. The fraction of sp³-hybridized carbons (Fsp3) is 0.500. The summed E-state index contributed by atoms with van der Waals surface area (Å²) in [5, 5.41) is 2.62. The second kappa shape index (κ2) is 8.29. The lowest BCUT2D eigenvalue weighted by Gasteiger charge is -2.32. The summed E-state index contributed by atoms with van der Waals surface area (Å²) in [5.74, 6) is -0.348. The lowest BCUT2D eigenvalue weighted by molar-refractivity contribution is -0.135. The van der Waals surface area contributed by atoms with E-state index in [1.165, 1.54) is 19.2 Å². The number of nitrogens with one attached hydrogen (secondary N) is 1. The number of sulfonamides is 1. The van der Waals surface area contributed by atoms with Gasteiger partial charge in [-0.25, -0.2) is 8.42 Å². The summed E-state index contributed by atoms with van der Waals surface area (Å²) in [4.78, 5) is 25.8. The van der Waals surface area contributed by atoms with Crippen LogP contribution in [0.2, 0.25) is 0 Å². The fourth-order valence-corrected chi connectivity index (χ4v) is 4.14. The number of benzene rings is 1. The summed E-state index contributed by atoms with van der Waals surface area (Å²) >= 11 is 3.26. The number of likely N-dealkylation sites (tertiary alicyclic amines) is 1. The van der Waals surface area contributed by atoms with Crippen molar-refractivity contribution in [2.24, 2.45) is 5.92 Å². The number of carbonyl (C=O) groups excluding carboxylic acids is 2. The van der Waals surface area contributed by atoms with Crippen LogP contribution in [0.25, 0.3) is 0 Å². The van der Waals surface area contributed by atoms with Gasteiger partial charge in [-0.1, -0.05) is 15.9 Å². The molecule has 2 rings (SSSR count). The molecule has 1 aliphatic rings. The van der Waals surface area contributed by atoms with Gasteiger partial charge in [0.25, 0.3) is 0 Å². The highest BCUT2D eigenvalue weighted by molar-refractivity contribution is 9.10. The topological polar surface area (TPSA) is 86.8 Å². The van der Waals surface area contributed by atoms with E-state index in [2.05, 4.69) is 21.2 Å². The molecule has 0 spiro atoms. The average Bonchev–Trinajstić information content (AvgIpc) is 2.61. The Labute approximate surface area is 156 Å². The van der Waals surface area contributed by atoms with Crippen molar-refractivity contribution in [2.75, 3.05) is 33.7 Å². The predicted octanol–water partition coefficient (Wildman–Crippen LogP) is 1.05. The number of hydrogen-bond donors (Lipinski definition) is 1. The molecule has 25 heavy (non-hydrogen) atoms. The number of piperidine rings is 1. The van der Waals surface area contributed by atoms with Crippen LogP contribution < -0.4 is 5.32 Å². The molecule has 0 aromatic heterocycles. The summed E-state index contributed by atoms with van der Waals surface area (Å²) in [7, 11) is -0.722. The van der Waals surface area contributed by atoms with E-state index in [1.807, 2.05) is 0 Å². The van der Waals surface area contributed by atoms with E-state index in [1.54, 1.807) is 24.1 Å². The maximum absolute atomic E-state index is 12.5. The normalized spacial score (nSPS) is 16.1. The number of nitrogens with zero attached hydrogens (tertiary/aromatic N) is 2. The SMILES string of the molecule is CNC(=O)C1CCN(C(=O)CN(C)S(=O)(=O)c2ccc(Br)cc2)CC1. The number of likely N-dealkylation sites (N-methyl/N-ethyl adjacent to an activating group) is 1. The highest BCUT2D eigenvalue weighted by atomic mass is 79.9. The van der Waals surface area contributed by atoms with Crippen molar-refractivity contribution in [2.45, 2.75) is 17.7 Å². The van der Waals surface area contributed by atoms with Crippen molar-refractivity contribution in [1.29, 1.82) is 0 Å². The van der Waals surface area contributed by atoms with Gasteiger partial charge in [0, 0.05) is 37.6 Å². The molecule has 1 aromatic rings. The minimum Gasteiger partial charge on any atom is -0.359 e. The molecule has 7 nitrogen and oxygen atoms in total. The molecular formula is C16H22BrN3O4S. The molecule has 0 saturated carbocycles. The molecule has 1 heterocycles. The average molecular weight is 432 g/mol. The third kappa shape index (κ3) is 4.80. The Kier molecular flexibility index (Phi) is 6.59. The molecule has 0 aliphatic carbocycles. The number of amides is 2. The lowest BCUT2D eigenvalue weighted by Crippen LogP contribution is -2.46. The molecule has 1 fully saturated rings. The number of halogens is 1. The number of carbonyl (C=O) groups is 2. The van der Waals surface area contributed by atoms with Crippen LogP contribution in [0.1, 0.15) is 12.8 Å². The van der Waals surface area contributed by atoms with Gasteiger partial charge in [0.1, 0.15) is 0 Å². The van der Waals surface area contributed by atoms with Crippen molar-refractivity contribution < 1.29 is 18.0 Å². The Balaban J connectivity index is 1.96. The van der Waals surface area contributed by atoms with Gasteiger partial charge in [-0.2, -0.15) is 4.31 Å².